The molecule has 0 amide bonds. The first-order valence-corrected chi connectivity index (χ1v) is 7.26. The summed E-state index contributed by atoms with van der Waals surface area (Å²) in [4.78, 5) is 1.33. The molecule has 0 spiro atoms. The number of hydrogen-bond acceptors (Lipinski definition) is 3. The van der Waals surface area contributed by atoms with E-state index >= 15 is 0 Å². The number of thioether (sulfide) groups is 1. The first kappa shape index (κ1) is 13.2. The summed E-state index contributed by atoms with van der Waals surface area (Å²) in [5, 5.41) is 3.45. The Hall–Kier alpha value is -1.19. The Balaban J connectivity index is 1.89. The fraction of sp³-hybridized carbons (Fsp3) is 0.333. The number of nitrogens with one attached hydrogen (secondary N) is 1. The van der Waals surface area contributed by atoms with Crippen molar-refractivity contribution in [1.29, 1.82) is 0 Å². The summed E-state index contributed by atoms with van der Waals surface area (Å²) in [5.41, 5.74) is 1.31. The fourth-order valence-corrected chi connectivity index (χ4v) is 2.47. The largest absolute Gasteiger partial charge is 0.468 e. The van der Waals surface area contributed by atoms with Crippen LogP contribution >= 0.6 is 11.8 Å². The van der Waals surface area contributed by atoms with Gasteiger partial charge in [-0.05, 0) is 42.5 Å². The number of furan rings is 1. The molecule has 0 aliphatic carbocycles. The van der Waals surface area contributed by atoms with Crippen molar-refractivity contribution < 1.29 is 4.42 Å². The molecule has 2 aromatic rings. The molecule has 1 aromatic carbocycles. The highest BCUT2D eigenvalue weighted by atomic mass is 32.2. The monoisotopic (exact) mass is 261 g/mol. The lowest BCUT2D eigenvalue weighted by Gasteiger charge is -2.13. The van der Waals surface area contributed by atoms with Crippen LogP contribution in [0.4, 0.5) is 0 Å². The molecule has 2 nitrogen and oxygen atoms in total. The standard InChI is InChI=1S/C15H19NOS/c1-3-18-15-8-6-13(7-9-15)12(2)16-11-14-5-4-10-17-14/h4-10,12,16H,3,11H2,1-2H3. The molecule has 3 heteroatoms. The van der Waals surface area contributed by atoms with Crippen LogP contribution in [0, 0.1) is 0 Å². The molecule has 0 bridgehead atoms. The average molecular weight is 261 g/mol. The van der Waals surface area contributed by atoms with Gasteiger partial charge < -0.3 is 9.73 Å². The van der Waals surface area contributed by atoms with E-state index in [1.807, 2.05) is 23.9 Å². The number of hydrogen-bond donors (Lipinski definition) is 1. The van der Waals surface area contributed by atoms with Crippen LogP contribution in [-0.2, 0) is 6.54 Å². The summed E-state index contributed by atoms with van der Waals surface area (Å²) in [6, 6.07) is 13.0. The van der Waals surface area contributed by atoms with Crippen molar-refractivity contribution in [2.24, 2.45) is 0 Å². The summed E-state index contributed by atoms with van der Waals surface area (Å²) < 4.78 is 5.30. The molecule has 0 aliphatic rings. The highest BCUT2D eigenvalue weighted by molar-refractivity contribution is 7.99. The van der Waals surface area contributed by atoms with Gasteiger partial charge in [-0.15, -0.1) is 11.8 Å². The molecule has 0 saturated heterocycles. The van der Waals surface area contributed by atoms with Crippen molar-refractivity contribution in [3.63, 3.8) is 0 Å². The molecule has 1 atom stereocenters. The minimum Gasteiger partial charge on any atom is -0.468 e. The maximum absolute atomic E-state index is 5.30. The lowest BCUT2D eigenvalue weighted by atomic mass is 10.1. The molecule has 96 valence electrons. The van der Waals surface area contributed by atoms with Gasteiger partial charge in [0.2, 0.25) is 0 Å². The Bertz CT molecular complexity index is 450. The SMILES string of the molecule is CCSc1ccc(C(C)NCc2ccco2)cc1. The third kappa shape index (κ3) is 3.65. The predicted octanol–water partition coefficient (Wildman–Crippen LogP) is 4.24. The Morgan fingerprint density at radius 3 is 2.61 bits per heavy atom. The zero-order valence-corrected chi connectivity index (χ0v) is 11.7. The number of benzene rings is 1. The lowest BCUT2D eigenvalue weighted by Crippen LogP contribution is -2.17. The fourth-order valence-electron chi connectivity index (χ4n) is 1.80. The Morgan fingerprint density at radius 1 is 1.22 bits per heavy atom. The van der Waals surface area contributed by atoms with Gasteiger partial charge in [-0.3, -0.25) is 0 Å². The molecular formula is C15H19NOS. The lowest BCUT2D eigenvalue weighted by molar-refractivity contribution is 0.460. The van der Waals surface area contributed by atoms with E-state index in [0.29, 0.717) is 6.04 Å². The van der Waals surface area contributed by atoms with E-state index < -0.39 is 0 Å². The molecule has 0 radical (unpaired) electrons. The molecule has 0 saturated carbocycles. The van der Waals surface area contributed by atoms with Gasteiger partial charge >= 0.3 is 0 Å². The number of rotatable bonds is 6. The van der Waals surface area contributed by atoms with E-state index in [1.54, 1.807) is 6.26 Å². The predicted molar refractivity (Wildman–Crippen MR) is 76.8 cm³/mol. The van der Waals surface area contributed by atoms with Gasteiger partial charge in [0, 0.05) is 10.9 Å². The van der Waals surface area contributed by atoms with E-state index in [9.17, 15) is 0 Å². The van der Waals surface area contributed by atoms with Crippen molar-refractivity contribution in [3.8, 4) is 0 Å². The Morgan fingerprint density at radius 2 is 2.00 bits per heavy atom. The molecule has 18 heavy (non-hydrogen) atoms. The van der Waals surface area contributed by atoms with Crippen LogP contribution in [0.3, 0.4) is 0 Å². The quantitative estimate of drug-likeness (QED) is 0.787. The summed E-state index contributed by atoms with van der Waals surface area (Å²) in [6.45, 7) is 5.11. The molecule has 1 unspecified atom stereocenters. The maximum Gasteiger partial charge on any atom is 0.117 e. The van der Waals surface area contributed by atoms with Gasteiger partial charge in [0.25, 0.3) is 0 Å². The molecule has 1 heterocycles. The summed E-state index contributed by atoms with van der Waals surface area (Å²) in [5.74, 6) is 2.09. The van der Waals surface area contributed by atoms with E-state index in [2.05, 4.69) is 43.4 Å². The first-order chi connectivity index (χ1) is 8.79. The van der Waals surface area contributed by atoms with Gasteiger partial charge in [-0.25, -0.2) is 0 Å². The maximum atomic E-state index is 5.30. The van der Waals surface area contributed by atoms with Crippen molar-refractivity contribution >= 4 is 11.8 Å². The Kier molecular flexibility index (Phi) is 4.90. The van der Waals surface area contributed by atoms with Crippen LogP contribution in [0.5, 0.6) is 0 Å². The second-order valence-corrected chi connectivity index (χ2v) is 5.52. The molecule has 0 aliphatic heterocycles. The minimum absolute atomic E-state index is 0.329. The van der Waals surface area contributed by atoms with Crippen LogP contribution in [-0.4, -0.2) is 5.75 Å². The van der Waals surface area contributed by atoms with Crippen LogP contribution in [0.2, 0.25) is 0 Å². The third-order valence-electron chi connectivity index (χ3n) is 2.85. The van der Waals surface area contributed by atoms with E-state index in [4.69, 9.17) is 4.42 Å². The molecule has 0 fully saturated rings. The van der Waals surface area contributed by atoms with E-state index in [1.165, 1.54) is 10.5 Å². The topological polar surface area (TPSA) is 25.2 Å². The highest BCUT2D eigenvalue weighted by Gasteiger charge is 2.05. The molecular weight excluding hydrogens is 242 g/mol. The zero-order chi connectivity index (χ0) is 12.8. The Labute approximate surface area is 113 Å². The van der Waals surface area contributed by atoms with Gasteiger partial charge in [0.1, 0.15) is 5.76 Å². The van der Waals surface area contributed by atoms with Crippen molar-refractivity contribution in [3.05, 3.63) is 54.0 Å². The van der Waals surface area contributed by atoms with Gasteiger partial charge in [-0.2, -0.15) is 0 Å². The van der Waals surface area contributed by atoms with Crippen molar-refractivity contribution in [2.45, 2.75) is 31.3 Å². The van der Waals surface area contributed by atoms with Crippen LogP contribution in [0.1, 0.15) is 31.2 Å². The average Bonchev–Trinajstić information content (AvgIpc) is 2.90. The minimum atomic E-state index is 0.329. The van der Waals surface area contributed by atoms with Crippen LogP contribution in [0.25, 0.3) is 0 Å². The second-order valence-electron chi connectivity index (χ2n) is 4.18. The van der Waals surface area contributed by atoms with Gasteiger partial charge in [0.05, 0.1) is 12.8 Å². The van der Waals surface area contributed by atoms with E-state index in [-0.39, 0.29) is 0 Å². The second kappa shape index (κ2) is 6.66. The normalized spacial score (nSPS) is 12.6. The first-order valence-electron chi connectivity index (χ1n) is 6.28. The van der Waals surface area contributed by atoms with Crippen LogP contribution in [0.15, 0.2) is 52.0 Å². The molecule has 2 rings (SSSR count). The smallest absolute Gasteiger partial charge is 0.117 e. The highest BCUT2D eigenvalue weighted by Crippen LogP contribution is 2.20. The van der Waals surface area contributed by atoms with Gasteiger partial charge in [-0.1, -0.05) is 19.1 Å². The van der Waals surface area contributed by atoms with Gasteiger partial charge in [0.15, 0.2) is 0 Å². The molecule has 1 aromatic heterocycles. The van der Waals surface area contributed by atoms with Crippen molar-refractivity contribution in [2.75, 3.05) is 5.75 Å². The third-order valence-corrected chi connectivity index (χ3v) is 3.75. The summed E-state index contributed by atoms with van der Waals surface area (Å²) in [7, 11) is 0. The molecule has 1 N–H and O–H groups in total. The summed E-state index contributed by atoms with van der Waals surface area (Å²) >= 11 is 1.87. The summed E-state index contributed by atoms with van der Waals surface area (Å²) in [6.07, 6.45) is 1.71. The van der Waals surface area contributed by atoms with Crippen molar-refractivity contribution in [1.82, 2.24) is 5.32 Å². The van der Waals surface area contributed by atoms with E-state index in [0.717, 1.165) is 18.1 Å². The zero-order valence-electron chi connectivity index (χ0n) is 10.8. The van der Waals surface area contributed by atoms with Crippen LogP contribution < -0.4 is 5.32 Å².